The van der Waals surface area contributed by atoms with E-state index in [4.69, 9.17) is 0 Å². The second kappa shape index (κ2) is 8.93. The fourth-order valence-electron chi connectivity index (χ4n) is 3.47. The summed E-state index contributed by atoms with van der Waals surface area (Å²) in [6.07, 6.45) is 2.52. The molecule has 10 nitrogen and oxygen atoms in total. The molecule has 1 saturated heterocycles. The van der Waals surface area contributed by atoms with Crippen molar-refractivity contribution in [3.63, 3.8) is 0 Å². The Morgan fingerprint density at radius 3 is 2.75 bits per heavy atom. The molecule has 13 heteroatoms. The molecular formula is C19H22F3N9O. The van der Waals surface area contributed by atoms with Crippen molar-refractivity contribution in [3.05, 3.63) is 18.7 Å². The van der Waals surface area contributed by atoms with Crippen LogP contribution in [0.1, 0.15) is 26.2 Å². The molecular weight excluding hydrogens is 427 g/mol. The molecule has 0 saturated carbocycles. The van der Waals surface area contributed by atoms with Crippen molar-refractivity contribution >= 4 is 28.8 Å². The lowest BCUT2D eigenvalue weighted by atomic mass is 10.2. The molecule has 1 atom stereocenters. The van der Waals surface area contributed by atoms with Crippen LogP contribution in [-0.2, 0) is 4.79 Å². The Kier molecular flexibility index (Phi) is 6.06. The fourth-order valence-corrected chi connectivity index (χ4v) is 3.47. The molecule has 0 radical (unpaired) electrons. The van der Waals surface area contributed by atoms with E-state index in [-0.39, 0.29) is 12.4 Å². The van der Waals surface area contributed by atoms with Gasteiger partial charge in [0.25, 0.3) is 0 Å². The van der Waals surface area contributed by atoms with E-state index in [0.29, 0.717) is 28.4 Å². The van der Waals surface area contributed by atoms with Crippen molar-refractivity contribution in [2.75, 3.05) is 29.9 Å². The van der Waals surface area contributed by atoms with Crippen LogP contribution < -0.4 is 15.5 Å². The van der Waals surface area contributed by atoms with E-state index in [1.165, 1.54) is 6.33 Å². The number of carbonyl (C=O) groups is 1. The Balaban J connectivity index is 1.66. The summed E-state index contributed by atoms with van der Waals surface area (Å²) in [5, 5.41) is 5.48. The molecule has 0 aromatic carbocycles. The number of aromatic nitrogens is 6. The average Bonchev–Trinajstić information content (AvgIpc) is 3.45. The summed E-state index contributed by atoms with van der Waals surface area (Å²) < 4.78 is 37.5. The molecule has 4 heterocycles. The minimum atomic E-state index is -4.49. The van der Waals surface area contributed by atoms with Gasteiger partial charge in [-0.05, 0) is 19.3 Å². The predicted molar refractivity (Wildman–Crippen MR) is 111 cm³/mol. The van der Waals surface area contributed by atoms with Crippen LogP contribution in [0.15, 0.2) is 18.7 Å². The van der Waals surface area contributed by atoms with Crippen LogP contribution in [0.5, 0.6) is 0 Å². The van der Waals surface area contributed by atoms with Crippen molar-refractivity contribution in [1.82, 2.24) is 35.2 Å². The van der Waals surface area contributed by atoms with Crippen molar-refractivity contribution < 1.29 is 18.0 Å². The van der Waals surface area contributed by atoms with Crippen molar-refractivity contribution in [2.24, 2.45) is 0 Å². The SMILES string of the molecule is CCC(Nc1nc(-c2c[nH]c3ncncc23)nc(N2CCCC2)n1)C(=O)NCC(F)(F)F. The lowest BCUT2D eigenvalue weighted by Gasteiger charge is -2.20. The lowest BCUT2D eigenvalue weighted by molar-refractivity contribution is -0.138. The van der Waals surface area contributed by atoms with Gasteiger partial charge in [-0.15, -0.1) is 0 Å². The highest BCUT2D eigenvalue weighted by Gasteiger charge is 2.30. The highest BCUT2D eigenvalue weighted by atomic mass is 19.4. The second-order valence-corrected chi connectivity index (χ2v) is 7.40. The number of amides is 1. The van der Waals surface area contributed by atoms with Gasteiger partial charge >= 0.3 is 6.18 Å². The quantitative estimate of drug-likeness (QED) is 0.502. The number of H-pyrrole nitrogens is 1. The van der Waals surface area contributed by atoms with Crippen molar-refractivity contribution in [3.8, 4) is 11.4 Å². The van der Waals surface area contributed by atoms with Crippen LogP contribution in [0, 0.1) is 0 Å². The number of halogens is 3. The number of nitrogens with one attached hydrogen (secondary N) is 3. The van der Waals surface area contributed by atoms with Gasteiger partial charge in [0.1, 0.15) is 24.6 Å². The Morgan fingerprint density at radius 2 is 2.03 bits per heavy atom. The van der Waals surface area contributed by atoms with E-state index in [1.807, 2.05) is 10.2 Å². The molecule has 1 aliphatic heterocycles. The number of hydrogen-bond donors (Lipinski definition) is 3. The van der Waals surface area contributed by atoms with Crippen LogP contribution in [0.3, 0.4) is 0 Å². The van der Waals surface area contributed by atoms with Gasteiger partial charge in [0, 0.05) is 36.4 Å². The molecule has 3 aromatic heterocycles. The summed E-state index contributed by atoms with van der Waals surface area (Å²) in [6, 6.07) is -0.940. The highest BCUT2D eigenvalue weighted by molar-refractivity contribution is 5.91. The summed E-state index contributed by atoms with van der Waals surface area (Å²) in [7, 11) is 0. The fraction of sp³-hybridized carbons (Fsp3) is 0.474. The smallest absolute Gasteiger partial charge is 0.345 e. The zero-order valence-corrected chi connectivity index (χ0v) is 17.3. The van der Waals surface area contributed by atoms with Gasteiger partial charge in [-0.1, -0.05) is 6.92 Å². The Morgan fingerprint density at radius 1 is 1.25 bits per heavy atom. The summed E-state index contributed by atoms with van der Waals surface area (Å²) in [5.74, 6) is 0.106. The highest BCUT2D eigenvalue weighted by Crippen LogP contribution is 2.27. The Hall–Kier alpha value is -3.51. The third-order valence-electron chi connectivity index (χ3n) is 5.10. The molecule has 32 heavy (non-hydrogen) atoms. The van der Waals surface area contributed by atoms with E-state index in [9.17, 15) is 18.0 Å². The number of alkyl halides is 3. The number of rotatable bonds is 7. The largest absolute Gasteiger partial charge is 0.405 e. The first-order valence-electron chi connectivity index (χ1n) is 10.2. The van der Waals surface area contributed by atoms with E-state index < -0.39 is 24.7 Å². The minimum Gasteiger partial charge on any atom is -0.345 e. The van der Waals surface area contributed by atoms with Gasteiger partial charge in [0.05, 0.1) is 0 Å². The molecule has 0 aliphatic carbocycles. The van der Waals surface area contributed by atoms with Crippen LogP contribution in [-0.4, -0.2) is 67.7 Å². The zero-order chi connectivity index (χ0) is 22.7. The molecule has 1 fully saturated rings. The first-order chi connectivity index (χ1) is 15.3. The van der Waals surface area contributed by atoms with Crippen LogP contribution in [0.4, 0.5) is 25.1 Å². The van der Waals surface area contributed by atoms with Gasteiger partial charge in [-0.25, -0.2) is 9.97 Å². The molecule has 1 unspecified atom stereocenters. The van der Waals surface area contributed by atoms with E-state index in [2.05, 4.69) is 35.2 Å². The predicted octanol–water partition coefficient (Wildman–Crippen LogP) is 2.28. The average molecular weight is 449 g/mol. The number of aromatic amines is 1. The Bertz CT molecular complexity index is 1100. The normalized spacial score (nSPS) is 15.2. The van der Waals surface area contributed by atoms with Crippen molar-refractivity contribution in [1.29, 1.82) is 0 Å². The summed E-state index contributed by atoms with van der Waals surface area (Å²) in [4.78, 5) is 39.0. The molecule has 1 amide bonds. The molecule has 170 valence electrons. The van der Waals surface area contributed by atoms with Crippen LogP contribution >= 0.6 is 0 Å². The van der Waals surface area contributed by atoms with Crippen molar-refractivity contribution in [2.45, 2.75) is 38.4 Å². The maximum atomic E-state index is 12.5. The Labute approximate surface area is 181 Å². The summed E-state index contributed by atoms with van der Waals surface area (Å²) >= 11 is 0. The molecule has 0 bridgehead atoms. The van der Waals surface area contributed by atoms with Crippen LogP contribution in [0.25, 0.3) is 22.4 Å². The molecule has 1 aliphatic rings. The molecule has 3 N–H and O–H groups in total. The van der Waals surface area contributed by atoms with E-state index in [1.54, 1.807) is 19.3 Å². The second-order valence-electron chi connectivity index (χ2n) is 7.40. The van der Waals surface area contributed by atoms with E-state index in [0.717, 1.165) is 25.9 Å². The van der Waals surface area contributed by atoms with E-state index >= 15 is 0 Å². The van der Waals surface area contributed by atoms with Gasteiger partial charge in [-0.2, -0.15) is 28.1 Å². The lowest BCUT2D eigenvalue weighted by Crippen LogP contribution is -2.43. The van der Waals surface area contributed by atoms with Gasteiger partial charge in [0.15, 0.2) is 5.82 Å². The van der Waals surface area contributed by atoms with Gasteiger partial charge in [-0.3, -0.25) is 4.79 Å². The number of anilines is 2. The standard InChI is InChI=1S/C19H22F3N9O/c1-2-13(16(32)25-9-19(20,21)22)27-17-28-15(29-18(30-17)31-5-3-4-6-31)12-8-24-14-11(12)7-23-10-26-14/h7-8,10,13H,2-6,9H2,1H3,(H,25,32)(H,23,24,26)(H,27,28,29,30). The number of hydrogen-bond acceptors (Lipinski definition) is 8. The van der Waals surface area contributed by atoms with Gasteiger partial charge in [0.2, 0.25) is 17.8 Å². The third kappa shape index (κ3) is 4.86. The first-order valence-corrected chi connectivity index (χ1v) is 10.2. The summed E-state index contributed by atoms with van der Waals surface area (Å²) in [6.45, 7) is 1.85. The maximum Gasteiger partial charge on any atom is 0.405 e. The monoisotopic (exact) mass is 449 g/mol. The van der Waals surface area contributed by atoms with Gasteiger partial charge < -0.3 is 20.5 Å². The molecule has 4 rings (SSSR count). The third-order valence-corrected chi connectivity index (χ3v) is 5.10. The topological polar surface area (TPSA) is 125 Å². The molecule has 3 aromatic rings. The zero-order valence-electron chi connectivity index (χ0n) is 17.3. The minimum absolute atomic E-state index is 0.108. The van der Waals surface area contributed by atoms with Crippen LogP contribution in [0.2, 0.25) is 0 Å². The number of nitrogens with zero attached hydrogens (tertiary/aromatic N) is 6. The summed E-state index contributed by atoms with van der Waals surface area (Å²) in [5.41, 5.74) is 1.27. The number of carbonyl (C=O) groups excluding carboxylic acids is 1. The first kappa shape index (κ1) is 21.7. The molecule has 0 spiro atoms. The number of fused-ring (bicyclic) bond motifs is 1. The maximum absolute atomic E-state index is 12.5.